The molecule has 0 atom stereocenters. The van der Waals surface area contributed by atoms with E-state index in [1.165, 1.54) is 0 Å². The molecule has 0 spiro atoms. The van der Waals surface area contributed by atoms with E-state index in [4.69, 9.17) is 15.9 Å². The monoisotopic (exact) mass is 268 g/mol. The summed E-state index contributed by atoms with van der Waals surface area (Å²) in [7, 11) is 0. The minimum absolute atomic E-state index is 0.0192. The molecule has 0 aliphatic heterocycles. The highest BCUT2D eigenvalue weighted by Crippen LogP contribution is 2.32. The molecule has 0 heterocycles. The molecule has 0 bridgehead atoms. The van der Waals surface area contributed by atoms with Gasteiger partial charge in [-0.25, -0.2) is 0 Å². The van der Waals surface area contributed by atoms with Crippen LogP contribution in [0.15, 0.2) is 42.5 Å². The van der Waals surface area contributed by atoms with Crippen molar-refractivity contribution < 1.29 is 4.74 Å². The molecule has 0 saturated heterocycles. The minimum atomic E-state index is 0.0192. The predicted molar refractivity (Wildman–Crippen MR) is 82.8 cm³/mol. The zero-order valence-corrected chi connectivity index (χ0v) is 12.1. The quantitative estimate of drug-likeness (QED) is 0.645. The minimum Gasteiger partial charge on any atom is -0.456 e. The van der Waals surface area contributed by atoms with E-state index in [-0.39, 0.29) is 5.84 Å². The van der Waals surface area contributed by atoms with E-state index >= 15 is 0 Å². The molecule has 3 N–H and O–H groups in total. The predicted octanol–water partition coefficient (Wildman–Crippen LogP) is 4.19. The van der Waals surface area contributed by atoms with Gasteiger partial charge in [0.25, 0.3) is 0 Å². The Bertz CT molecular complexity index is 633. The van der Waals surface area contributed by atoms with Gasteiger partial charge in [-0.2, -0.15) is 0 Å². The second-order valence-electron chi connectivity index (χ2n) is 5.21. The molecule has 0 fully saturated rings. The normalized spacial score (nSPS) is 10.6. The summed E-state index contributed by atoms with van der Waals surface area (Å²) in [4.78, 5) is 0. The second-order valence-corrected chi connectivity index (χ2v) is 5.21. The highest BCUT2D eigenvalue weighted by Gasteiger charge is 2.12. The molecular weight excluding hydrogens is 248 g/mol. The van der Waals surface area contributed by atoms with Gasteiger partial charge in [0, 0.05) is 0 Å². The maximum Gasteiger partial charge on any atom is 0.138 e. The van der Waals surface area contributed by atoms with Gasteiger partial charge >= 0.3 is 0 Å². The first-order valence-corrected chi connectivity index (χ1v) is 6.71. The summed E-state index contributed by atoms with van der Waals surface area (Å²) in [6.07, 6.45) is 0. The molecule has 2 aromatic rings. The number of amidine groups is 1. The summed E-state index contributed by atoms with van der Waals surface area (Å²) < 4.78 is 6.00. The maximum atomic E-state index is 7.67. The standard InChI is InChI=1S/C17H20N2O/c1-11(2)13-6-4-5-7-15(13)20-16-9-8-12(3)10-14(16)17(18)19/h4-11H,1-3H3,(H3,18,19). The fourth-order valence-electron chi connectivity index (χ4n) is 2.11. The molecule has 0 aliphatic carbocycles. The topological polar surface area (TPSA) is 59.1 Å². The van der Waals surface area contributed by atoms with Crippen molar-refractivity contribution >= 4 is 5.84 Å². The number of benzene rings is 2. The van der Waals surface area contributed by atoms with Crippen molar-refractivity contribution in [2.45, 2.75) is 26.7 Å². The fourth-order valence-corrected chi connectivity index (χ4v) is 2.11. The number of nitrogen functional groups attached to an aromatic ring is 1. The van der Waals surface area contributed by atoms with Gasteiger partial charge < -0.3 is 10.5 Å². The van der Waals surface area contributed by atoms with Crippen LogP contribution in [-0.2, 0) is 0 Å². The summed E-state index contributed by atoms with van der Waals surface area (Å²) in [6.45, 7) is 6.23. The lowest BCUT2D eigenvalue weighted by Crippen LogP contribution is -2.12. The number of hydrogen-bond acceptors (Lipinski definition) is 2. The molecule has 3 nitrogen and oxygen atoms in total. The first-order chi connectivity index (χ1) is 9.49. The molecule has 20 heavy (non-hydrogen) atoms. The van der Waals surface area contributed by atoms with Crippen LogP contribution < -0.4 is 10.5 Å². The largest absolute Gasteiger partial charge is 0.456 e. The molecule has 0 amide bonds. The fraction of sp³-hybridized carbons (Fsp3) is 0.235. The van der Waals surface area contributed by atoms with Gasteiger partial charge in [-0.3, -0.25) is 5.41 Å². The smallest absolute Gasteiger partial charge is 0.138 e. The first-order valence-electron chi connectivity index (χ1n) is 6.71. The molecule has 0 aromatic heterocycles. The van der Waals surface area contributed by atoms with Crippen LogP contribution in [0.2, 0.25) is 0 Å². The molecule has 0 unspecified atom stereocenters. The van der Waals surface area contributed by atoms with E-state index in [9.17, 15) is 0 Å². The summed E-state index contributed by atoms with van der Waals surface area (Å²) in [5.41, 5.74) is 8.46. The van der Waals surface area contributed by atoms with Crippen LogP contribution in [0.25, 0.3) is 0 Å². The summed E-state index contributed by atoms with van der Waals surface area (Å²) >= 11 is 0. The Labute approximate surface area is 119 Å². The van der Waals surface area contributed by atoms with E-state index in [1.807, 2.05) is 43.3 Å². The molecule has 2 rings (SSSR count). The van der Waals surface area contributed by atoms with Crippen LogP contribution in [0, 0.1) is 12.3 Å². The van der Waals surface area contributed by atoms with Crippen LogP contribution in [-0.4, -0.2) is 5.84 Å². The Morgan fingerprint density at radius 1 is 1.10 bits per heavy atom. The Hall–Kier alpha value is -2.29. The van der Waals surface area contributed by atoms with Crippen LogP contribution >= 0.6 is 0 Å². The van der Waals surface area contributed by atoms with Crippen molar-refractivity contribution in [2.24, 2.45) is 5.73 Å². The lowest BCUT2D eigenvalue weighted by Gasteiger charge is -2.16. The third kappa shape index (κ3) is 2.99. The zero-order chi connectivity index (χ0) is 14.7. The van der Waals surface area contributed by atoms with Crippen molar-refractivity contribution in [3.63, 3.8) is 0 Å². The molecular formula is C17H20N2O. The van der Waals surface area contributed by atoms with Gasteiger partial charge in [-0.05, 0) is 36.6 Å². The van der Waals surface area contributed by atoms with E-state index < -0.39 is 0 Å². The van der Waals surface area contributed by atoms with Gasteiger partial charge in [0.1, 0.15) is 17.3 Å². The van der Waals surface area contributed by atoms with E-state index in [0.717, 1.165) is 16.9 Å². The molecule has 0 radical (unpaired) electrons. The zero-order valence-electron chi connectivity index (χ0n) is 12.1. The number of aryl methyl sites for hydroxylation is 1. The number of rotatable bonds is 4. The number of nitrogens with one attached hydrogen (secondary N) is 1. The highest BCUT2D eigenvalue weighted by molar-refractivity contribution is 5.97. The number of hydrogen-bond donors (Lipinski definition) is 2. The van der Waals surface area contributed by atoms with E-state index in [1.54, 1.807) is 0 Å². The van der Waals surface area contributed by atoms with Crippen molar-refractivity contribution in [2.75, 3.05) is 0 Å². The van der Waals surface area contributed by atoms with Crippen LogP contribution in [0.4, 0.5) is 0 Å². The van der Waals surface area contributed by atoms with Gasteiger partial charge in [0.2, 0.25) is 0 Å². The second kappa shape index (κ2) is 5.78. The Morgan fingerprint density at radius 3 is 2.45 bits per heavy atom. The van der Waals surface area contributed by atoms with Gasteiger partial charge in [0.15, 0.2) is 0 Å². The summed E-state index contributed by atoms with van der Waals surface area (Å²) in [5, 5.41) is 7.67. The third-order valence-corrected chi connectivity index (χ3v) is 3.19. The highest BCUT2D eigenvalue weighted by atomic mass is 16.5. The van der Waals surface area contributed by atoms with Crippen LogP contribution in [0.5, 0.6) is 11.5 Å². The average molecular weight is 268 g/mol. The third-order valence-electron chi connectivity index (χ3n) is 3.19. The summed E-state index contributed by atoms with van der Waals surface area (Å²) in [5.74, 6) is 1.83. The molecule has 0 aliphatic rings. The van der Waals surface area contributed by atoms with Crippen molar-refractivity contribution in [1.29, 1.82) is 5.41 Å². The van der Waals surface area contributed by atoms with Gasteiger partial charge in [-0.1, -0.05) is 43.7 Å². The lowest BCUT2D eigenvalue weighted by molar-refractivity contribution is 0.472. The van der Waals surface area contributed by atoms with Crippen molar-refractivity contribution in [3.05, 3.63) is 59.2 Å². The number of ether oxygens (including phenoxy) is 1. The Balaban J connectivity index is 2.43. The van der Waals surface area contributed by atoms with Crippen molar-refractivity contribution in [1.82, 2.24) is 0 Å². The van der Waals surface area contributed by atoms with Crippen LogP contribution in [0.1, 0.15) is 36.5 Å². The lowest BCUT2D eigenvalue weighted by atomic mass is 10.0. The van der Waals surface area contributed by atoms with Gasteiger partial charge in [-0.15, -0.1) is 0 Å². The van der Waals surface area contributed by atoms with Gasteiger partial charge in [0.05, 0.1) is 5.56 Å². The Kier molecular flexibility index (Phi) is 4.08. The number of nitrogens with two attached hydrogens (primary N) is 1. The maximum absolute atomic E-state index is 7.67. The molecule has 104 valence electrons. The molecule has 3 heteroatoms. The average Bonchev–Trinajstić information content (AvgIpc) is 2.41. The van der Waals surface area contributed by atoms with E-state index in [0.29, 0.717) is 17.2 Å². The first kappa shape index (κ1) is 14.1. The van der Waals surface area contributed by atoms with Crippen molar-refractivity contribution in [3.8, 4) is 11.5 Å². The Morgan fingerprint density at radius 2 is 1.80 bits per heavy atom. The number of para-hydroxylation sites is 1. The summed E-state index contributed by atoms with van der Waals surface area (Å²) in [6, 6.07) is 13.6. The van der Waals surface area contributed by atoms with Crippen LogP contribution in [0.3, 0.4) is 0 Å². The molecule has 0 saturated carbocycles. The van der Waals surface area contributed by atoms with E-state index in [2.05, 4.69) is 19.9 Å². The SMILES string of the molecule is Cc1ccc(Oc2ccccc2C(C)C)c(C(=N)N)c1. The molecule has 2 aromatic carbocycles.